The summed E-state index contributed by atoms with van der Waals surface area (Å²) < 4.78 is 43.8. The minimum Gasteiger partial charge on any atom is -0.492 e. The Kier molecular flexibility index (Phi) is 6.10. The maximum Gasteiger partial charge on any atom is 0.417 e. The molecule has 2 amide bonds. The monoisotopic (exact) mass is 386 g/mol. The van der Waals surface area contributed by atoms with Gasteiger partial charge in [-0.1, -0.05) is 23.7 Å². The van der Waals surface area contributed by atoms with Crippen molar-refractivity contribution >= 4 is 34.8 Å². The zero-order valence-electron chi connectivity index (χ0n) is 13.5. The van der Waals surface area contributed by atoms with Crippen LogP contribution in [0.3, 0.4) is 0 Å². The van der Waals surface area contributed by atoms with E-state index in [0.717, 1.165) is 12.1 Å². The molecule has 0 aromatic heterocycles. The number of hydrogen-bond acceptors (Lipinski definition) is 3. The van der Waals surface area contributed by atoms with Crippen LogP contribution in [0.2, 0.25) is 5.02 Å². The van der Waals surface area contributed by atoms with Crippen LogP contribution in [0.4, 0.5) is 24.5 Å². The van der Waals surface area contributed by atoms with Crippen LogP contribution in [-0.4, -0.2) is 18.4 Å². The van der Waals surface area contributed by atoms with E-state index in [2.05, 4.69) is 10.6 Å². The van der Waals surface area contributed by atoms with Gasteiger partial charge in [-0.3, -0.25) is 9.59 Å². The Labute approximate surface area is 152 Å². The van der Waals surface area contributed by atoms with Crippen molar-refractivity contribution in [2.75, 3.05) is 17.2 Å². The smallest absolute Gasteiger partial charge is 0.417 e. The number of hydrogen-bond donors (Lipinski definition) is 2. The first-order valence-corrected chi connectivity index (χ1v) is 7.81. The van der Waals surface area contributed by atoms with Gasteiger partial charge in [0, 0.05) is 5.69 Å². The first-order valence-electron chi connectivity index (χ1n) is 7.43. The Morgan fingerprint density at radius 3 is 2.38 bits per heavy atom. The second kappa shape index (κ2) is 8.09. The van der Waals surface area contributed by atoms with Crippen LogP contribution >= 0.6 is 11.6 Å². The molecule has 0 aliphatic carbocycles. The lowest BCUT2D eigenvalue weighted by Gasteiger charge is -2.13. The normalized spacial score (nSPS) is 11.0. The van der Waals surface area contributed by atoms with Crippen molar-refractivity contribution in [3.05, 3.63) is 53.1 Å². The topological polar surface area (TPSA) is 67.4 Å². The molecule has 0 bridgehead atoms. The van der Waals surface area contributed by atoms with Gasteiger partial charge in [0.05, 0.1) is 22.9 Å². The largest absolute Gasteiger partial charge is 0.492 e. The second-order valence-corrected chi connectivity index (χ2v) is 5.44. The molecule has 5 nitrogen and oxygen atoms in total. The van der Waals surface area contributed by atoms with Crippen LogP contribution in [0.15, 0.2) is 42.5 Å². The lowest BCUT2D eigenvalue weighted by Crippen LogP contribution is -2.29. The van der Waals surface area contributed by atoms with E-state index in [-0.39, 0.29) is 11.4 Å². The van der Waals surface area contributed by atoms with Crippen molar-refractivity contribution in [3.63, 3.8) is 0 Å². The molecular weight excluding hydrogens is 373 g/mol. The molecule has 0 atom stereocenters. The molecule has 0 spiro atoms. The molecular formula is C17H14ClF3N2O3. The molecule has 26 heavy (non-hydrogen) atoms. The summed E-state index contributed by atoms with van der Waals surface area (Å²) in [4.78, 5) is 23.9. The van der Waals surface area contributed by atoms with Crippen LogP contribution in [0.25, 0.3) is 0 Å². The lowest BCUT2D eigenvalue weighted by atomic mass is 10.2. The third-order valence-electron chi connectivity index (χ3n) is 3.17. The van der Waals surface area contributed by atoms with Gasteiger partial charge in [0.25, 0.3) is 0 Å². The standard InChI is InChI=1S/C17H14ClF3N2O3/c1-2-26-14-6-4-3-5-13(14)23-16(25)15(24)22-10-7-8-12(18)11(9-10)17(19,20)21/h3-9H,2H2,1H3,(H,22,24)(H,23,25). The Morgan fingerprint density at radius 1 is 1.08 bits per heavy atom. The van der Waals surface area contributed by atoms with Crippen molar-refractivity contribution < 1.29 is 27.5 Å². The van der Waals surface area contributed by atoms with Gasteiger partial charge in [-0.05, 0) is 37.3 Å². The van der Waals surface area contributed by atoms with Crippen molar-refractivity contribution in [1.29, 1.82) is 0 Å². The van der Waals surface area contributed by atoms with Crippen LogP contribution < -0.4 is 15.4 Å². The highest BCUT2D eigenvalue weighted by Gasteiger charge is 2.33. The van der Waals surface area contributed by atoms with Gasteiger partial charge in [-0.2, -0.15) is 13.2 Å². The Balaban J connectivity index is 2.12. The predicted molar refractivity (Wildman–Crippen MR) is 91.3 cm³/mol. The summed E-state index contributed by atoms with van der Waals surface area (Å²) >= 11 is 5.51. The van der Waals surface area contributed by atoms with Crippen molar-refractivity contribution in [1.82, 2.24) is 0 Å². The van der Waals surface area contributed by atoms with E-state index in [9.17, 15) is 22.8 Å². The molecule has 0 radical (unpaired) electrons. The van der Waals surface area contributed by atoms with Gasteiger partial charge >= 0.3 is 18.0 Å². The Hall–Kier alpha value is -2.74. The number of carbonyl (C=O) groups excluding carboxylic acids is 2. The average Bonchev–Trinajstić information content (AvgIpc) is 2.57. The fourth-order valence-corrected chi connectivity index (χ4v) is 2.26. The molecule has 0 unspecified atom stereocenters. The molecule has 138 valence electrons. The minimum atomic E-state index is -4.68. The summed E-state index contributed by atoms with van der Waals surface area (Å²) in [6.45, 7) is 2.11. The molecule has 2 aromatic carbocycles. The number of rotatable bonds is 4. The highest BCUT2D eigenvalue weighted by Crippen LogP contribution is 2.36. The summed E-state index contributed by atoms with van der Waals surface area (Å²) in [7, 11) is 0. The number of anilines is 2. The first-order chi connectivity index (χ1) is 12.2. The van der Waals surface area contributed by atoms with E-state index >= 15 is 0 Å². The maximum absolute atomic E-state index is 12.8. The van der Waals surface area contributed by atoms with Crippen LogP contribution in [0, 0.1) is 0 Å². The van der Waals surface area contributed by atoms with Crippen molar-refractivity contribution in [2.45, 2.75) is 13.1 Å². The highest BCUT2D eigenvalue weighted by atomic mass is 35.5. The van der Waals surface area contributed by atoms with Gasteiger partial charge in [-0.25, -0.2) is 0 Å². The van der Waals surface area contributed by atoms with Gasteiger partial charge in [0.2, 0.25) is 0 Å². The van der Waals surface area contributed by atoms with Gasteiger partial charge in [0.15, 0.2) is 0 Å². The van der Waals surface area contributed by atoms with Crippen molar-refractivity contribution in [2.24, 2.45) is 0 Å². The Bertz CT molecular complexity index is 825. The summed E-state index contributed by atoms with van der Waals surface area (Å²) in [5, 5.41) is 3.94. The highest BCUT2D eigenvalue weighted by molar-refractivity contribution is 6.43. The lowest BCUT2D eigenvalue weighted by molar-refractivity contribution is -0.137. The number of ether oxygens (including phenoxy) is 1. The van der Waals surface area contributed by atoms with Crippen molar-refractivity contribution in [3.8, 4) is 5.75 Å². The number of nitrogens with one attached hydrogen (secondary N) is 2. The summed E-state index contributed by atoms with van der Waals surface area (Å²) in [5.41, 5.74) is -1.05. The van der Waals surface area contributed by atoms with Crippen LogP contribution in [0.1, 0.15) is 12.5 Å². The van der Waals surface area contributed by atoms with Crippen LogP contribution in [-0.2, 0) is 15.8 Å². The molecule has 9 heteroatoms. The Morgan fingerprint density at radius 2 is 1.73 bits per heavy atom. The number of benzene rings is 2. The fraction of sp³-hybridized carbons (Fsp3) is 0.176. The van der Waals surface area contributed by atoms with Gasteiger partial charge in [0.1, 0.15) is 5.75 Å². The van der Waals surface area contributed by atoms with E-state index in [0.29, 0.717) is 18.4 Å². The summed E-state index contributed by atoms with van der Waals surface area (Å²) in [6, 6.07) is 9.25. The first kappa shape index (κ1) is 19.6. The summed E-state index contributed by atoms with van der Waals surface area (Å²) in [6.07, 6.45) is -4.68. The molecule has 0 saturated carbocycles. The van der Waals surface area contributed by atoms with E-state index < -0.39 is 28.6 Å². The van der Waals surface area contributed by atoms with E-state index in [1.54, 1.807) is 25.1 Å². The molecule has 0 aliphatic rings. The van der Waals surface area contributed by atoms with Crippen LogP contribution in [0.5, 0.6) is 5.75 Å². The molecule has 2 rings (SSSR count). The van der Waals surface area contributed by atoms with E-state index in [1.807, 2.05) is 0 Å². The summed E-state index contributed by atoms with van der Waals surface area (Å²) in [5.74, 6) is -1.82. The van der Waals surface area contributed by atoms with E-state index in [1.165, 1.54) is 6.07 Å². The average molecular weight is 387 g/mol. The number of carbonyl (C=O) groups is 2. The predicted octanol–water partition coefficient (Wildman–Crippen LogP) is 4.33. The minimum absolute atomic E-state index is 0.208. The molecule has 0 aliphatic heterocycles. The maximum atomic E-state index is 12.8. The van der Waals surface area contributed by atoms with E-state index in [4.69, 9.17) is 16.3 Å². The zero-order valence-corrected chi connectivity index (χ0v) is 14.2. The number of amides is 2. The second-order valence-electron chi connectivity index (χ2n) is 5.03. The number of para-hydroxylation sites is 2. The molecule has 0 saturated heterocycles. The van der Waals surface area contributed by atoms with Gasteiger partial charge in [-0.15, -0.1) is 0 Å². The molecule has 2 aromatic rings. The number of halogens is 4. The zero-order chi connectivity index (χ0) is 19.3. The third-order valence-corrected chi connectivity index (χ3v) is 3.50. The molecule has 0 heterocycles. The molecule has 2 N–H and O–H groups in total. The third kappa shape index (κ3) is 4.89. The quantitative estimate of drug-likeness (QED) is 0.768. The van der Waals surface area contributed by atoms with Gasteiger partial charge < -0.3 is 15.4 Å². The fourth-order valence-electron chi connectivity index (χ4n) is 2.04. The number of alkyl halides is 3. The SMILES string of the molecule is CCOc1ccccc1NC(=O)C(=O)Nc1ccc(Cl)c(C(F)(F)F)c1. The molecule has 0 fully saturated rings.